The first-order valence-electron chi connectivity index (χ1n) is 5.40. The Morgan fingerprint density at radius 3 is 2.78 bits per heavy atom. The zero-order valence-corrected chi connectivity index (χ0v) is 11.3. The quantitative estimate of drug-likeness (QED) is 0.914. The number of rotatable bonds is 3. The van der Waals surface area contributed by atoms with Gasteiger partial charge < -0.3 is 14.8 Å². The van der Waals surface area contributed by atoms with Crippen LogP contribution in [0.3, 0.4) is 0 Å². The summed E-state index contributed by atoms with van der Waals surface area (Å²) in [5, 5.41) is 12.4. The third kappa shape index (κ3) is 2.80. The SMILES string of the molecule is CC(O)c1ccccc1NC(=O)c1coc(Br)c1. The van der Waals surface area contributed by atoms with Gasteiger partial charge in [-0.15, -0.1) is 0 Å². The molecule has 94 valence electrons. The maximum atomic E-state index is 11.9. The van der Waals surface area contributed by atoms with Crippen LogP contribution < -0.4 is 5.32 Å². The van der Waals surface area contributed by atoms with Crippen molar-refractivity contribution in [3.63, 3.8) is 0 Å². The topological polar surface area (TPSA) is 62.5 Å². The Labute approximate surface area is 113 Å². The van der Waals surface area contributed by atoms with E-state index in [0.717, 1.165) is 0 Å². The number of aliphatic hydroxyl groups is 1. The summed E-state index contributed by atoms with van der Waals surface area (Å²) in [6.07, 6.45) is 0.724. The third-order valence-electron chi connectivity index (χ3n) is 2.49. The van der Waals surface area contributed by atoms with Gasteiger partial charge in [0, 0.05) is 17.3 Å². The van der Waals surface area contributed by atoms with Crippen molar-refractivity contribution in [2.24, 2.45) is 0 Å². The van der Waals surface area contributed by atoms with E-state index in [1.54, 1.807) is 31.2 Å². The van der Waals surface area contributed by atoms with Crippen molar-refractivity contribution in [3.05, 3.63) is 52.4 Å². The molecule has 0 spiro atoms. The summed E-state index contributed by atoms with van der Waals surface area (Å²) in [7, 11) is 0. The molecule has 1 heterocycles. The van der Waals surface area contributed by atoms with E-state index in [9.17, 15) is 9.90 Å². The Morgan fingerprint density at radius 1 is 1.44 bits per heavy atom. The van der Waals surface area contributed by atoms with Crippen LogP contribution in [-0.4, -0.2) is 11.0 Å². The first-order chi connectivity index (χ1) is 8.58. The van der Waals surface area contributed by atoms with Gasteiger partial charge in [0.05, 0.1) is 11.7 Å². The van der Waals surface area contributed by atoms with Gasteiger partial charge in [-0.1, -0.05) is 18.2 Å². The van der Waals surface area contributed by atoms with Crippen molar-refractivity contribution in [1.82, 2.24) is 0 Å². The van der Waals surface area contributed by atoms with Gasteiger partial charge in [0.25, 0.3) is 5.91 Å². The molecule has 0 fully saturated rings. The largest absolute Gasteiger partial charge is 0.457 e. The van der Waals surface area contributed by atoms with Crippen LogP contribution >= 0.6 is 15.9 Å². The molecule has 0 radical (unpaired) electrons. The van der Waals surface area contributed by atoms with Crippen molar-refractivity contribution >= 4 is 27.5 Å². The van der Waals surface area contributed by atoms with Gasteiger partial charge >= 0.3 is 0 Å². The number of para-hydroxylation sites is 1. The lowest BCUT2D eigenvalue weighted by atomic mass is 10.1. The average molecular weight is 310 g/mol. The third-order valence-corrected chi connectivity index (χ3v) is 2.90. The van der Waals surface area contributed by atoms with Gasteiger partial charge in [-0.3, -0.25) is 4.79 Å². The normalized spacial score (nSPS) is 12.2. The first kappa shape index (κ1) is 12.9. The van der Waals surface area contributed by atoms with Crippen LogP contribution in [0.25, 0.3) is 0 Å². The highest BCUT2D eigenvalue weighted by molar-refractivity contribution is 9.10. The maximum Gasteiger partial charge on any atom is 0.258 e. The van der Waals surface area contributed by atoms with Crippen molar-refractivity contribution < 1.29 is 14.3 Å². The Kier molecular flexibility index (Phi) is 3.84. The van der Waals surface area contributed by atoms with Crippen LogP contribution in [0, 0.1) is 0 Å². The molecule has 0 aliphatic heterocycles. The lowest BCUT2D eigenvalue weighted by molar-refractivity contribution is 0.102. The fraction of sp³-hybridized carbons (Fsp3) is 0.154. The fourth-order valence-electron chi connectivity index (χ4n) is 1.60. The molecule has 0 bridgehead atoms. The molecule has 0 aliphatic carbocycles. The number of anilines is 1. The molecule has 0 aliphatic rings. The highest BCUT2D eigenvalue weighted by Crippen LogP contribution is 2.23. The van der Waals surface area contributed by atoms with Gasteiger partial charge in [0.15, 0.2) is 4.67 Å². The van der Waals surface area contributed by atoms with Crippen LogP contribution in [-0.2, 0) is 0 Å². The van der Waals surface area contributed by atoms with Crippen LogP contribution in [0.2, 0.25) is 0 Å². The number of furan rings is 1. The van der Waals surface area contributed by atoms with E-state index in [-0.39, 0.29) is 5.91 Å². The molecule has 18 heavy (non-hydrogen) atoms. The molecule has 4 nitrogen and oxygen atoms in total. The lowest BCUT2D eigenvalue weighted by Gasteiger charge is -2.12. The van der Waals surface area contributed by atoms with Gasteiger partial charge in [-0.25, -0.2) is 0 Å². The molecular weight excluding hydrogens is 298 g/mol. The number of halogens is 1. The predicted molar refractivity (Wildman–Crippen MR) is 71.4 cm³/mol. The first-order valence-corrected chi connectivity index (χ1v) is 6.19. The Bertz CT molecular complexity index is 563. The minimum atomic E-state index is -0.641. The molecule has 2 rings (SSSR count). The highest BCUT2D eigenvalue weighted by Gasteiger charge is 2.13. The Hall–Kier alpha value is -1.59. The van der Waals surface area contributed by atoms with Crippen molar-refractivity contribution in [3.8, 4) is 0 Å². The van der Waals surface area contributed by atoms with E-state index >= 15 is 0 Å². The van der Waals surface area contributed by atoms with E-state index in [1.165, 1.54) is 6.26 Å². The molecule has 2 N–H and O–H groups in total. The maximum absolute atomic E-state index is 11.9. The molecule has 5 heteroatoms. The zero-order valence-electron chi connectivity index (χ0n) is 9.68. The van der Waals surface area contributed by atoms with Crippen molar-refractivity contribution in [2.45, 2.75) is 13.0 Å². The van der Waals surface area contributed by atoms with Gasteiger partial charge in [0.2, 0.25) is 0 Å². The van der Waals surface area contributed by atoms with Crippen LogP contribution in [0.15, 0.2) is 45.7 Å². The summed E-state index contributed by atoms with van der Waals surface area (Å²) in [5.41, 5.74) is 1.69. The average Bonchev–Trinajstić information content (AvgIpc) is 2.76. The molecular formula is C13H12BrNO3. The predicted octanol–water partition coefficient (Wildman–Crippen LogP) is 3.35. The smallest absolute Gasteiger partial charge is 0.258 e. The number of hydrogen-bond acceptors (Lipinski definition) is 3. The van der Waals surface area contributed by atoms with Gasteiger partial charge in [0.1, 0.15) is 6.26 Å². The fourth-order valence-corrected chi connectivity index (χ4v) is 1.94. The number of amides is 1. The number of nitrogens with one attached hydrogen (secondary N) is 1. The summed E-state index contributed by atoms with van der Waals surface area (Å²) in [6, 6.07) is 8.71. The minimum Gasteiger partial charge on any atom is -0.457 e. The number of carbonyl (C=O) groups excluding carboxylic acids is 1. The summed E-state index contributed by atoms with van der Waals surface area (Å²) in [4.78, 5) is 11.9. The summed E-state index contributed by atoms with van der Waals surface area (Å²) < 4.78 is 5.50. The summed E-state index contributed by atoms with van der Waals surface area (Å²) >= 11 is 3.14. The summed E-state index contributed by atoms with van der Waals surface area (Å²) in [5.74, 6) is -0.280. The molecule has 2 aromatic rings. The lowest BCUT2D eigenvalue weighted by Crippen LogP contribution is -2.13. The molecule has 1 aromatic carbocycles. The minimum absolute atomic E-state index is 0.280. The second-order valence-corrected chi connectivity index (χ2v) is 4.64. The Morgan fingerprint density at radius 2 is 2.17 bits per heavy atom. The monoisotopic (exact) mass is 309 g/mol. The van der Waals surface area contributed by atoms with Gasteiger partial charge in [-0.05, 0) is 28.9 Å². The number of aliphatic hydroxyl groups excluding tert-OH is 1. The summed E-state index contributed by atoms with van der Waals surface area (Å²) in [6.45, 7) is 1.65. The van der Waals surface area contributed by atoms with Crippen molar-refractivity contribution in [2.75, 3.05) is 5.32 Å². The number of carbonyl (C=O) groups is 1. The zero-order chi connectivity index (χ0) is 13.1. The molecule has 0 saturated carbocycles. The van der Waals surface area contributed by atoms with Crippen molar-refractivity contribution in [1.29, 1.82) is 0 Å². The van der Waals surface area contributed by atoms with Crippen LogP contribution in [0.4, 0.5) is 5.69 Å². The highest BCUT2D eigenvalue weighted by atomic mass is 79.9. The van der Waals surface area contributed by atoms with Gasteiger partial charge in [-0.2, -0.15) is 0 Å². The standard InChI is InChI=1S/C13H12BrNO3/c1-8(16)10-4-2-3-5-11(10)15-13(17)9-6-12(14)18-7-9/h2-8,16H,1H3,(H,15,17). The Balaban J connectivity index is 2.22. The van der Waals surface area contributed by atoms with E-state index < -0.39 is 6.10 Å². The van der Waals surface area contributed by atoms with E-state index in [4.69, 9.17) is 4.42 Å². The second kappa shape index (κ2) is 5.37. The van der Waals surface area contributed by atoms with E-state index in [0.29, 0.717) is 21.5 Å². The number of hydrogen-bond donors (Lipinski definition) is 2. The molecule has 1 atom stereocenters. The molecule has 0 saturated heterocycles. The second-order valence-electron chi connectivity index (χ2n) is 3.86. The molecule has 1 aromatic heterocycles. The van der Waals surface area contributed by atoms with Crippen LogP contribution in [0.1, 0.15) is 28.9 Å². The molecule has 1 amide bonds. The van der Waals surface area contributed by atoms with E-state index in [1.807, 2.05) is 6.07 Å². The van der Waals surface area contributed by atoms with E-state index in [2.05, 4.69) is 21.2 Å². The van der Waals surface area contributed by atoms with Crippen LogP contribution in [0.5, 0.6) is 0 Å². The number of benzene rings is 1. The molecule has 1 unspecified atom stereocenters.